The summed E-state index contributed by atoms with van der Waals surface area (Å²) in [5, 5.41) is 9.54. The van der Waals surface area contributed by atoms with Crippen LogP contribution in [0.1, 0.15) is 41.5 Å². The van der Waals surface area contributed by atoms with E-state index < -0.39 is 34.7 Å². The van der Waals surface area contributed by atoms with Crippen molar-refractivity contribution < 1.29 is 23.9 Å². The maximum absolute atomic E-state index is 12.5. The highest BCUT2D eigenvalue weighted by molar-refractivity contribution is 14.1. The van der Waals surface area contributed by atoms with E-state index in [9.17, 15) is 19.6 Å². The van der Waals surface area contributed by atoms with Crippen LogP contribution in [0.15, 0.2) is 9.66 Å². The quantitative estimate of drug-likeness (QED) is 0.465. The Morgan fingerprint density at radius 2 is 1.65 bits per heavy atom. The van der Waals surface area contributed by atoms with Crippen LogP contribution in [0.5, 0.6) is 0 Å². The molecule has 1 atom stereocenters. The summed E-state index contributed by atoms with van der Waals surface area (Å²) >= 11 is 1.67. The summed E-state index contributed by atoms with van der Waals surface area (Å²) in [5.74, 6) is -1.77. The summed E-state index contributed by atoms with van der Waals surface area (Å²) in [6, 6.07) is 1.73. The minimum Gasteiger partial charge on any atom is -0.457 e. The van der Waals surface area contributed by atoms with E-state index in [1.165, 1.54) is 0 Å². The largest absolute Gasteiger partial charge is 0.457 e. The number of ether oxygens (including phenoxy) is 2. The van der Waals surface area contributed by atoms with E-state index in [2.05, 4.69) is 0 Å². The molecule has 0 saturated carbocycles. The number of halogens is 1. The molecule has 126 valence electrons. The second-order valence-corrected chi connectivity index (χ2v) is 8.16. The molecule has 0 radical (unpaired) electrons. The number of hydrogen-bond acceptors (Lipinski definition) is 6. The van der Waals surface area contributed by atoms with Crippen molar-refractivity contribution >= 4 is 40.6 Å². The number of hydrogen-bond donors (Lipinski definition) is 0. The van der Waals surface area contributed by atoms with Gasteiger partial charge in [-0.1, -0.05) is 0 Å². The Balaban J connectivity index is 3.32. The lowest BCUT2D eigenvalue weighted by molar-refractivity contribution is -0.164. The van der Waals surface area contributed by atoms with Gasteiger partial charge >= 0.3 is 12.1 Å². The van der Waals surface area contributed by atoms with Crippen LogP contribution in [0.3, 0.4) is 0 Å². The number of carbonyl (C=O) groups excluding carboxylic acids is 3. The summed E-state index contributed by atoms with van der Waals surface area (Å²) in [6.07, 6.45) is 0.0475. The van der Waals surface area contributed by atoms with Crippen molar-refractivity contribution in [2.45, 2.75) is 58.3 Å². The first-order valence-electron chi connectivity index (χ1n) is 6.84. The number of rotatable bonds is 1. The number of imide groups is 1. The topological polar surface area (TPSA) is 96.7 Å². The fourth-order valence-electron chi connectivity index (χ4n) is 1.75. The lowest BCUT2D eigenvalue weighted by Crippen LogP contribution is -2.57. The first-order valence-corrected chi connectivity index (χ1v) is 7.92. The molecule has 1 heterocycles. The van der Waals surface area contributed by atoms with E-state index in [-0.39, 0.29) is 3.58 Å². The van der Waals surface area contributed by atoms with Crippen molar-refractivity contribution in [2.24, 2.45) is 0 Å². The highest BCUT2D eigenvalue weighted by atomic mass is 127. The SMILES string of the molecule is CC(C)(C)OC(=O)N1C(=O)C(I)=C[C@@]1(C#N)C(=O)OC(C)(C)C. The lowest BCUT2D eigenvalue weighted by atomic mass is 10.0. The summed E-state index contributed by atoms with van der Waals surface area (Å²) in [5.41, 5.74) is -3.94. The maximum Gasteiger partial charge on any atom is 0.419 e. The van der Waals surface area contributed by atoms with Crippen LogP contribution >= 0.6 is 22.6 Å². The van der Waals surface area contributed by atoms with Gasteiger partial charge in [-0.25, -0.2) is 14.5 Å². The molecule has 2 amide bonds. The van der Waals surface area contributed by atoms with Crippen LogP contribution in [0.4, 0.5) is 4.79 Å². The highest BCUT2D eigenvalue weighted by Crippen LogP contribution is 2.35. The van der Waals surface area contributed by atoms with Gasteiger partial charge in [-0.05, 0) is 70.2 Å². The van der Waals surface area contributed by atoms with Gasteiger partial charge in [0.2, 0.25) is 0 Å². The zero-order valence-electron chi connectivity index (χ0n) is 13.9. The van der Waals surface area contributed by atoms with E-state index >= 15 is 0 Å². The molecule has 0 N–H and O–H groups in total. The maximum atomic E-state index is 12.5. The average Bonchev–Trinajstić information content (AvgIpc) is 2.58. The molecule has 0 saturated heterocycles. The molecule has 0 bridgehead atoms. The van der Waals surface area contributed by atoms with Gasteiger partial charge in [0.1, 0.15) is 17.3 Å². The summed E-state index contributed by atoms with van der Waals surface area (Å²) < 4.78 is 10.4. The van der Waals surface area contributed by atoms with Crippen molar-refractivity contribution in [3.05, 3.63) is 9.66 Å². The van der Waals surface area contributed by atoms with E-state index in [4.69, 9.17) is 9.47 Å². The van der Waals surface area contributed by atoms with Crippen molar-refractivity contribution in [3.8, 4) is 6.07 Å². The predicted octanol–water partition coefficient (Wildman–Crippen LogP) is 2.69. The fourth-order valence-corrected chi connectivity index (χ4v) is 2.44. The molecule has 1 aliphatic heterocycles. The second-order valence-electron chi connectivity index (χ2n) is 6.99. The highest BCUT2D eigenvalue weighted by Gasteiger charge is 2.57. The van der Waals surface area contributed by atoms with Crippen molar-refractivity contribution in [1.82, 2.24) is 4.90 Å². The van der Waals surface area contributed by atoms with E-state index in [0.717, 1.165) is 6.08 Å². The monoisotopic (exact) mass is 434 g/mol. The molecule has 23 heavy (non-hydrogen) atoms. The van der Waals surface area contributed by atoms with Gasteiger partial charge in [-0.3, -0.25) is 4.79 Å². The Hall–Kier alpha value is -1.63. The van der Waals surface area contributed by atoms with Crippen LogP contribution < -0.4 is 0 Å². The molecular formula is C15H19IN2O5. The van der Waals surface area contributed by atoms with E-state index in [1.807, 2.05) is 0 Å². The zero-order valence-corrected chi connectivity index (χ0v) is 16.0. The Morgan fingerprint density at radius 3 is 2.04 bits per heavy atom. The van der Waals surface area contributed by atoms with Gasteiger partial charge in [0.15, 0.2) is 0 Å². The molecule has 1 aliphatic rings. The van der Waals surface area contributed by atoms with Gasteiger partial charge in [0.05, 0.1) is 3.58 Å². The first-order chi connectivity index (χ1) is 10.2. The third kappa shape index (κ3) is 4.22. The van der Waals surface area contributed by atoms with Gasteiger partial charge < -0.3 is 9.47 Å². The van der Waals surface area contributed by atoms with Crippen LogP contribution in [0.25, 0.3) is 0 Å². The standard InChI is InChI=1S/C15H19IN2O5/c1-13(2,3)22-11(20)15(8-17)7-9(16)10(19)18(15)12(21)23-14(4,5)6/h7H,1-6H3/t15-/m1/s1. The van der Waals surface area contributed by atoms with Gasteiger partial charge in [0, 0.05) is 0 Å². The zero-order chi connectivity index (χ0) is 18.2. The molecule has 0 unspecified atom stereocenters. The first kappa shape index (κ1) is 19.4. The van der Waals surface area contributed by atoms with Crippen LogP contribution in [0.2, 0.25) is 0 Å². The second kappa shape index (κ2) is 6.11. The number of esters is 1. The summed E-state index contributed by atoms with van der Waals surface area (Å²) in [7, 11) is 0. The predicted molar refractivity (Wildman–Crippen MR) is 89.4 cm³/mol. The fraction of sp³-hybridized carbons (Fsp3) is 0.600. The molecule has 0 aromatic heterocycles. The normalized spacial score (nSPS) is 21.6. The lowest BCUT2D eigenvalue weighted by Gasteiger charge is -2.32. The minimum absolute atomic E-state index is 0.0702. The van der Waals surface area contributed by atoms with E-state index in [1.54, 1.807) is 70.2 Å². The molecule has 0 aromatic carbocycles. The molecule has 1 rings (SSSR count). The number of nitriles is 1. The third-order valence-corrected chi connectivity index (χ3v) is 3.33. The molecule has 7 nitrogen and oxygen atoms in total. The Bertz CT molecular complexity index is 621. The number of amides is 2. The van der Waals surface area contributed by atoms with Gasteiger partial charge in [0.25, 0.3) is 11.4 Å². The minimum atomic E-state index is -2.16. The molecule has 8 heteroatoms. The van der Waals surface area contributed by atoms with Gasteiger partial charge in [-0.15, -0.1) is 0 Å². The molecule has 0 fully saturated rings. The smallest absolute Gasteiger partial charge is 0.419 e. The summed E-state index contributed by atoms with van der Waals surface area (Å²) in [4.78, 5) is 37.6. The van der Waals surface area contributed by atoms with Crippen LogP contribution in [0, 0.1) is 11.3 Å². The van der Waals surface area contributed by atoms with Crippen LogP contribution in [-0.2, 0) is 19.1 Å². The van der Waals surface area contributed by atoms with E-state index in [0.29, 0.717) is 4.90 Å². The van der Waals surface area contributed by atoms with Crippen molar-refractivity contribution in [3.63, 3.8) is 0 Å². The molecule has 0 aromatic rings. The summed E-state index contributed by atoms with van der Waals surface area (Å²) in [6.45, 7) is 9.72. The Morgan fingerprint density at radius 1 is 1.17 bits per heavy atom. The number of carbonyl (C=O) groups is 3. The number of nitrogens with zero attached hydrogens (tertiary/aromatic N) is 2. The van der Waals surface area contributed by atoms with Gasteiger partial charge in [-0.2, -0.15) is 5.26 Å². The Labute approximate surface area is 148 Å². The van der Waals surface area contributed by atoms with Crippen molar-refractivity contribution in [2.75, 3.05) is 0 Å². The average molecular weight is 434 g/mol. The molecule has 0 aliphatic carbocycles. The molecular weight excluding hydrogens is 415 g/mol. The third-order valence-electron chi connectivity index (χ3n) is 2.55. The van der Waals surface area contributed by atoms with Crippen molar-refractivity contribution in [1.29, 1.82) is 5.26 Å². The Kier molecular flexibility index (Phi) is 5.16. The molecule has 0 spiro atoms. The van der Waals surface area contributed by atoms with Crippen LogP contribution in [-0.4, -0.2) is 39.6 Å².